The van der Waals surface area contributed by atoms with Gasteiger partial charge in [-0.3, -0.25) is 0 Å². The molecule has 1 atom stereocenters. The normalized spacial score (nSPS) is 12.0. The third-order valence-corrected chi connectivity index (χ3v) is 2.72. The molecular weight excluding hydrogens is 223 g/mol. The van der Waals surface area contributed by atoms with Gasteiger partial charge in [-0.25, -0.2) is 0 Å². The van der Waals surface area contributed by atoms with Gasteiger partial charge in [-0.15, -0.1) is 0 Å². The molecule has 0 N–H and O–H groups in total. The molecule has 0 amide bonds. The summed E-state index contributed by atoms with van der Waals surface area (Å²) < 4.78 is 0. The Morgan fingerprint density at radius 3 is 2.12 bits per heavy atom. The Labute approximate surface area is 126 Å². The van der Waals surface area contributed by atoms with E-state index in [1.165, 1.54) is 5.56 Å². The van der Waals surface area contributed by atoms with Crippen LogP contribution in [0.1, 0.15) is 44.2 Å². The van der Waals surface area contributed by atoms with E-state index in [2.05, 4.69) is 13.8 Å². The summed E-state index contributed by atoms with van der Waals surface area (Å²) in [6.07, 6.45) is 1.61. The van der Waals surface area contributed by atoms with E-state index in [0.29, 0.717) is 12.3 Å². The van der Waals surface area contributed by atoms with Gasteiger partial charge >= 0.3 is 29.6 Å². The van der Waals surface area contributed by atoms with Crippen LogP contribution < -0.4 is 34.7 Å². The van der Waals surface area contributed by atoms with Crippen LogP contribution in [-0.4, -0.2) is 5.97 Å². The monoisotopic (exact) mass is 242 g/mol. The predicted molar refractivity (Wildman–Crippen MR) is 63.0 cm³/mol. The number of carboxylic acid groups (broad SMARTS) is 1. The molecule has 0 unspecified atom stereocenters. The number of carbonyl (C=O) groups is 1. The standard InChI is InChI=1S/C14H20O2.Na/c1-4-13(14(15)16)12-7-5-11(6-8-12)9-10(2)3;/h5-8,10,13H,4,9H2,1-3H3,(H,15,16);/q;+1/p-1/t13-;/m1./s1. The van der Waals surface area contributed by atoms with E-state index < -0.39 is 11.9 Å². The van der Waals surface area contributed by atoms with E-state index in [9.17, 15) is 9.90 Å². The third kappa shape index (κ3) is 5.24. The number of hydrogen-bond donors (Lipinski definition) is 0. The first-order chi connectivity index (χ1) is 7.54. The van der Waals surface area contributed by atoms with Gasteiger partial charge in [-0.2, -0.15) is 0 Å². The van der Waals surface area contributed by atoms with Gasteiger partial charge in [0.05, 0.1) is 0 Å². The van der Waals surface area contributed by atoms with E-state index in [-0.39, 0.29) is 29.6 Å². The Bertz CT molecular complexity index is 344. The molecule has 1 rings (SSSR count). The van der Waals surface area contributed by atoms with Crippen molar-refractivity contribution in [3.8, 4) is 0 Å². The van der Waals surface area contributed by atoms with Crippen molar-refractivity contribution in [2.45, 2.75) is 39.5 Å². The van der Waals surface area contributed by atoms with E-state index in [4.69, 9.17) is 0 Å². The zero-order chi connectivity index (χ0) is 12.1. The largest absolute Gasteiger partial charge is 1.00 e. The summed E-state index contributed by atoms with van der Waals surface area (Å²) in [5.41, 5.74) is 2.10. The van der Waals surface area contributed by atoms with Gasteiger partial charge in [0.2, 0.25) is 0 Å². The van der Waals surface area contributed by atoms with Crippen molar-refractivity contribution in [3.63, 3.8) is 0 Å². The van der Waals surface area contributed by atoms with Crippen LogP contribution in [-0.2, 0) is 11.2 Å². The van der Waals surface area contributed by atoms with E-state index >= 15 is 0 Å². The van der Waals surface area contributed by atoms with Crippen LogP contribution in [0.15, 0.2) is 24.3 Å². The molecule has 0 radical (unpaired) electrons. The topological polar surface area (TPSA) is 40.1 Å². The first-order valence-corrected chi connectivity index (χ1v) is 5.84. The van der Waals surface area contributed by atoms with Gasteiger partial charge in [0.25, 0.3) is 0 Å². The molecule has 0 fully saturated rings. The first-order valence-electron chi connectivity index (χ1n) is 5.84. The second-order valence-corrected chi connectivity index (χ2v) is 4.62. The van der Waals surface area contributed by atoms with Gasteiger partial charge in [0.1, 0.15) is 0 Å². The smallest absolute Gasteiger partial charge is 0.549 e. The van der Waals surface area contributed by atoms with Crippen LogP contribution in [0, 0.1) is 5.92 Å². The summed E-state index contributed by atoms with van der Waals surface area (Å²) in [5, 5.41) is 10.9. The zero-order valence-electron chi connectivity index (χ0n) is 11.2. The minimum atomic E-state index is -0.987. The molecule has 3 heteroatoms. The van der Waals surface area contributed by atoms with Crippen molar-refractivity contribution in [1.29, 1.82) is 0 Å². The molecule has 0 aliphatic heterocycles. The van der Waals surface area contributed by atoms with Crippen molar-refractivity contribution in [1.82, 2.24) is 0 Å². The number of aliphatic carboxylic acids is 1. The minimum absolute atomic E-state index is 0. The molecule has 1 aromatic carbocycles. The quantitative estimate of drug-likeness (QED) is 0.630. The number of hydrogen-bond acceptors (Lipinski definition) is 2. The molecule has 0 saturated carbocycles. The van der Waals surface area contributed by atoms with E-state index in [0.717, 1.165) is 12.0 Å². The molecule has 0 heterocycles. The van der Waals surface area contributed by atoms with Gasteiger partial charge < -0.3 is 9.90 Å². The molecule has 0 aliphatic carbocycles. The molecule has 0 aromatic heterocycles. The number of carboxylic acids is 1. The Balaban J connectivity index is 0.00000256. The summed E-state index contributed by atoms with van der Waals surface area (Å²) in [6.45, 7) is 6.20. The Kier molecular flexibility index (Phi) is 7.77. The first kappa shape index (κ1) is 16.7. The second kappa shape index (κ2) is 7.91. The third-order valence-electron chi connectivity index (χ3n) is 2.72. The summed E-state index contributed by atoms with van der Waals surface area (Å²) in [5.74, 6) is -0.846. The minimum Gasteiger partial charge on any atom is -0.549 e. The fraction of sp³-hybridized carbons (Fsp3) is 0.500. The molecular formula is C14H19NaO2. The summed E-state index contributed by atoms with van der Waals surface area (Å²) in [4.78, 5) is 10.9. The Morgan fingerprint density at radius 1 is 1.24 bits per heavy atom. The fourth-order valence-corrected chi connectivity index (χ4v) is 1.90. The van der Waals surface area contributed by atoms with Gasteiger partial charge in [0, 0.05) is 11.9 Å². The number of rotatable bonds is 5. The van der Waals surface area contributed by atoms with Gasteiger partial charge in [0.15, 0.2) is 0 Å². The average Bonchev–Trinajstić information content (AvgIpc) is 2.20. The molecule has 0 bridgehead atoms. The number of benzene rings is 1. The van der Waals surface area contributed by atoms with E-state index in [1.54, 1.807) is 0 Å². The van der Waals surface area contributed by atoms with E-state index in [1.807, 2.05) is 31.2 Å². The zero-order valence-corrected chi connectivity index (χ0v) is 13.2. The van der Waals surface area contributed by atoms with Crippen molar-refractivity contribution in [2.24, 2.45) is 5.92 Å². The van der Waals surface area contributed by atoms with Crippen molar-refractivity contribution < 1.29 is 39.5 Å². The van der Waals surface area contributed by atoms with Crippen LogP contribution in [0.2, 0.25) is 0 Å². The van der Waals surface area contributed by atoms with Crippen LogP contribution in [0.4, 0.5) is 0 Å². The van der Waals surface area contributed by atoms with Crippen molar-refractivity contribution >= 4 is 5.97 Å². The maximum absolute atomic E-state index is 10.9. The fourth-order valence-electron chi connectivity index (χ4n) is 1.90. The predicted octanol–water partition coefficient (Wildman–Crippen LogP) is -0.867. The molecule has 2 nitrogen and oxygen atoms in total. The maximum Gasteiger partial charge on any atom is 1.00 e. The van der Waals surface area contributed by atoms with Crippen LogP contribution in [0.3, 0.4) is 0 Å². The SMILES string of the molecule is CC[C@@H](C(=O)[O-])c1ccc(CC(C)C)cc1.[Na+]. The van der Waals surface area contributed by atoms with Crippen LogP contribution in [0.25, 0.3) is 0 Å². The molecule has 0 spiro atoms. The van der Waals surface area contributed by atoms with Crippen LogP contribution in [0.5, 0.6) is 0 Å². The van der Waals surface area contributed by atoms with Crippen molar-refractivity contribution in [3.05, 3.63) is 35.4 Å². The second-order valence-electron chi connectivity index (χ2n) is 4.62. The summed E-state index contributed by atoms with van der Waals surface area (Å²) >= 11 is 0. The average molecular weight is 242 g/mol. The molecule has 88 valence electrons. The Morgan fingerprint density at radius 2 is 1.76 bits per heavy atom. The molecule has 1 aromatic rings. The summed E-state index contributed by atoms with van der Waals surface area (Å²) in [6, 6.07) is 7.84. The van der Waals surface area contributed by atoms with Crippen LogP contribution >= 0.6 is 0 Å². The van der Waals surface area contributed by atoms with Gasteiger partial charge in [-0.1, -0.05) is 45.0 Å². The Hall–Kier alpha value is -0.310. The maximum atomic E-state index is 10.9. The van der Waals surface area contributed by atoms with Crippen molar-refractivity contribution in [2.75, 3.05) is 0 Å². The summed E-state index contributed by atoms with van der Waals surface area (Å²) in [7, 11) is 0. The van der Waals surface area contributed by atoms with Gasteiger partial charge in [-0.05, 0) is 29.9 Å². The molecule has 0 aliphatic rings. The number of carbonyl (C=O) groups excluding carboxylic acids is 1. The molecule has 17 heavy (non-hydrogen) atoms. The molecule has 0 saturated heterocycles.